The quantitative estimate of drug-likeness (QED) is 0.507. The molecule has 6 heteroatoms. The first-order valence-corrected chi connectivity index (χ1v) is 10.4. The number of aromatic amines is 1. The molecule has 1 aromatic heterocycles. The zero-order chi connectivity index (χ0) is 21.7. The lowest BCUT2D eigenvalue weighted by Gasteiger charge is -2.22. The minimum Gasteiger partial charge on any atom is -0.493 e. The normalized spacial score (nSPS) is 13.3. The van der Waals surface area contributed by atoms with Crippen LogP contribution in [0.5, 0.6) is 11.5 Å². The van der Waals surface area contributed by atoms with E-state index >= 15 is 0 Å². The third-order valence-electron chi connectivity index (χ3n) is 5.38. The highest BCUT2D eigenvalue weighted by Gasteiger charge is 2.27. The number of quaternary nitrogens is 1. The average molecular weight is 411 g/mol. The van der Waals surface area contributed by atoms with Crippen LogP contribution in [-0.2, 0) is 4.79 Å². The molecule has 0 bridgehead atoms. The zero-order valence-corrected chi connectivity index (χ0v) is 18.4. The Morgan fingerprint density at radius 3 is 2.50 bits per heavy atom. The van der Waals surface area contributed by atoms with Crippen molar-refractivity contribution in [3.8, 4) is 11.5 Å². The Morgan fingerprint density at radius 1 is 1.03 bits per heavy atom. The first kappa shape index (κ1) is 21.7. The van der Waals surface area contributed by atoms with Crippen molar-refractivity contribution in [1.82, 2.24) is 10.3 Å². The molecular formula is C24H32N3O3+. The standard InChI is InChI=1S/C24H31N3O3/c1-15(2)27-24(28)16(3)25-13-20(18-10-8-12-22(29-4)23(18)30-5)19-14-26-21-11-7-6-9-17(19)21/h6-12,14-16,20,25-26H,13H2,1-5H3,(H,27,28)/p+1/t16-,20-/m1/s1. The molecule has 0 saturated heterocycles. The van der Waals surface area contributed by atoms with Gasteiger partial charge in [0.2, 0.25) is 0 Å². The highest BCUT2D eigenvalue weighted by atomic mass is 16.5. The summed E-state index contributed by atoms with van der Waals surface area (Å²) in [5.74, 6) is 1.48. The topological polar surface area (TPSA) is 80.0 Å². The predicted octanol–water partition coefficient (Wildman–Crippen LogP) is 2.79. The van der Waals surface area contributed by atoms with Gasteiger partial charge in [-0.25, -0.2) is 0 Å². The van der Waals surface area contributed by atoms with Crippen molar-refractivity contribution in [2.24, 2.45) is 0 Å². The number of carbonyl (C=O) groups is 1. The number of amides is 1. The van der Waals surface area contributed by atoms with Gasteiger partial charge >= 0.3 is 0 Å². The van der Waals surface area contributed by atoms with Gasteiger partial charge in [0.25, 0.3) is 5.91 Å². The molecule has 3 aromatic rings. The monoisotopic (exact) mass is 410 g/mol. The van der Waals surface area contributed by atoms with Gasteiger partial charge in [-0.3, -0.25) is 4.79 Å². The number of methoxy groups -OCH3 is 2. The number of H-pyrrole nitrogens is 1. The fourth-order valence-corrected chi connectivity index (χ4v) is 3.85. The second-order valence-electron chi connectivity index (χ2n) is 7.85. The van der Waals surface area contributed by atoms with Gasteiger partial charge in [0.1, 0.15) is 0 Å². The second-order valence-corrected chi connectivity index (χ2v) is 7.85. The number of hydrogen-bond acceptors (Lipinski definition) is 3. The molecule has 6 nitrogen and oxygen atoms in total. The first-order valence-electron chi connectivity index (χ1n) is 10.4. The lowest BCUT2D eigenvalue weighted by molar-refractivity contribution is -0.674. The summed E-state index contributed by atoms with van der Waals surface area (Å²) in [5, 5.41) is 6.24. The Labute approximate surface area is 178 Å². The molecule has 0 fully saturated rings. The molecule has 3 rings (SSSR count). The van der Waals surface area contributed by atoms with Gasteiger partial charge < -0.3 is 25.1 Å². The molecule has 2 aromatic carbocycles. The number of ether oxygens (including phenoxy) is 2. The van der Waals surface area contributed by atoms with Crippen LogP contribution < -0.4 is 20.1 Å². The summed E-state index contributed by atoms with van der Waals surface area (Å²) >= 11 is 0. The number of nitrogens with one attached hydrogen (secondary N) is 2. The van der Waals surface area contributed by atoms with Gasteiger partial charge in [0.05, 0.1) is 26.7 Å². The van der Waals surface area contributed by atoms with Crippen molar-refractivity contribution in [2.75, 3.05) is 20.8 Å². The van der Waals surface area contributed by atoms with Gasteiger partial charge in [-0.1, -0.05) is 30.3 Å². The number of para-hydroxylation sites is 2. The molecule has 0 radical (unpaired) electrons. The number of nitrogens with two attached hydrogens (primary N) is 1. The summed E-state index contributed by atoms with van der Waals surface area (Å²) in [6.07, 6.45) is 2.06. The molecule has 1 heterocycles. The number of rotatable bonds is 9. The van der Waals surface area contributed by atoms with E-state index in [0.29, 0.717) is 12.3 Å². The molecule has 30 heavy (non-hydrogen) atoms. The SMILES string of the molecule is COc1cccc([C@@H](C[NH2+][C@H](C)C(=O)NC(C)C)c2c[nH]c3ccccc23)c1OC. The summed E-state index contributed by atoms with van der Waals surface area (Å²) < 4.78 is 11.3. The van der Waals surface area contributed by atoms with E-state index in [4.69, 9.17) is 9.47 Å². The maximum atomic E-state index is 12.4. The molecule has 0 aliphatic heterocycles. The van der Waals surface area contributed by atoms with Gasteiger partial charge in [-0.05, 0) is 38.5 Å². The second kappa shape index (κ2) is 9.67. The van der Waals surface area contributed by atoms with Crippen LogP contribution in [0.2, 0.25) is 0 Å². The van der Waals surface area contributed by atoms with Crippen LogP contribution in [0.15, 0.2) is 48.7 Å². The molecule has 0 unspecified atom stereocenters. The van der Waals surface area contributed by atoms with Crippen molar-refractivity contribution >= 4 is 16.8 Å². The van der Waals surface area contributed by atoms with Crippen LogP contribution in [0.25, 0.3) is 10.9 Å². The van der Waals surface area contributed by atoms with E-state index in [1.54, 1.807) is 14.2 Å². The molecule has 160 valence electrons. The molecular weight excluding hydrogens is 378 g/mol. The van der Waals surface area contributed by atoms with Crippen LogP contribution in [0.3, 0.4) is 0 Å². The Kier molecular flexibility index (Phi) is 7.00. The van der Waals surface area contributed by atoms with Gasteiger partial charge in [0.15, 0.2) is 17.5 Å². The van der Waals surface area contributed by atoms with E-state index in [0.717, 1.165) is 16.8 Å². The number of carbonyl (C=O) groups excluding carboxylic acids is 1. The summed E-state index contributed by atoms with van der Waals surface area (Å²) in [7, 11) is 3.31. The third kappa shape index (κ3) is 4.60. The fourth-order valence-electron chi connectivity index (χ4n) is 3.85. The van der Waals surface area contributed by atoms with Crippen LogP contribution in [0.1, 0.15) is 37.8 Å². The Morgan fingerprint density at radius 2 is 1.80 bits per heavy atom. The molecule has 1 amide bonds. The lowest BCUT2D eigenvalue weighted by Crippen LogP contribution is -2.92. The number of aromatic nitrogens is 1. The van der Waals surface area contributed by atoms with Crippen LogP contribution >= 0.6 is 0 Å². The minimum atomic E-state index is -0.197. The highest BCUT2D eigenvalue weighted by molar-refractivity contribution is 5.84. The fraction of sp³-hybridized carbons (Fsp3) is 0.375. The summed E-state index contributed by atoms with van der Waals surface area (Å²) in [6, 6.07) is 14.1. The van der Waals surface area contributed by atoms with E-state index in [2.05, 4.69) is 40.0 Å². The van der Waals surface area contributed by atoms with E-state index < -0.39 is 0 Å². The van der Waals surface area contributed by atoms with Gasteiger partial charge in [-0.15, -0.1) is 0 Å². The maximum Gasteiger partial charge on any atom is 0.278 e. The smallest absolute Gasteiger partial charge is 0.278 e. The van der Waals surface area contributed by atoms with Gasteiger partial charge in [-0.2, -0.15) is 0 Å². The minimum absolute atomic E-state index is 0.0144. The van der Waals surface area contributed by atoms with Crippen molar-refractivity contribution in [1.29, 1.82) is 0 Å². The van der Waals surface area contributed by atoms with Crippen molar-refractivity contribution < 1.29 is 19.6 Å². The molecule has 0 spiro atoms. The molecule has 2 atom stereocenters. The van der Waals surface area contributed by atoms with Crippen LogP contribution in [0, 0.1) is 0 Å². The predicted molar refractivity (Wildman–Crippen MR) is 119 cm³/mol. The van der Waals surface area contributed by atoms with Crippen molar-refractivity contribution in [2.45, 2.75) is 38.8 Å². The summed E-state index contributed by atoms with van der Waals surface area (Å²) in [5.41, 5.74) is 3.30. The highest BCUT2D eigenvalue weighted by Crippen LogP contribution is 2.39. The summed E-state index contributed by atoms with van der Waals surface area (Å²) in [6.45, 7) is 6.58. The van der Waals surface area contributed by atoms with Crippen molar-refractivity contribution in [3.63, 3.8) is 0 Å². The number of fused-ring (bicyclic) bond motifs is 1. The third-order valence-corrected chi connectivity index (χ3v) is 5.38. The molecule has 0 aliphatic carbocycles. The maximum absolute atomic E-state index is 12.4. The van der Waals surface area contributed by atoms with E-state index in [1.807, 2.05) is 45.0 Å². The van der Waals surface area contributed by atoms with Crippen molar-refractivity contribution in [3.05, 3.63) is 59.8 Å². The first-order chi connectivity index (χ1) is 14.5. The Hall–Kier alpha value is -2.99. The van der Waals surface area contributed by atoms with E-state index in [-0.39, 0.29) is 23.9 Å². The van der Waals surface area contributed by atoms with Gasteiger partial charge in [0, 0.05) is 28.7 Å². The molecule has 0 aliphatic rings. The Balaban J connectivity index is 1.99. The van der Waals surface area contributed by atoms with E-state index in [9.17, 15) is 4.79 Å². The zero-order valence-electron chi connectivity index (χ0n) is 18.4. The number of benzene rings is 2. The number of hydrogen-bond donors (Lipinski definition) is 3. The molecule has 4 N–H and O–H groups in total. The van der Waals surface area contributed by atoms with Crippen LogP contribution in [-0.4, -0.2) is 43.7 Å². The Bertz CT molecular complexity index is 996. The average Bonchev–Trinajstić information content (AvgIpc) is 3.17. The largest absolute Gasteiger partial charge is 0.493 e. The summed E-state index contributed by atoms with van der Waals surface area (Å²) in [4.78, 5) is 15.8. The lowest BCUT2D eigenvalue weighted by atomic mass is 9.89. The van der Waals surface area contributed by atoms with Crippen LogP contribution in [0.4, 0.5) is 0 Å². The van der Waals surface area contributed by atoms with E-state index in [1.165, 1.54) is 10.9 Å². The molecule has 0 saturated carbocycles.